The fourth-order valence-electron chi connectivity index (χ4n) is 3.07. The average Bonchev–Trinajstić information content (AvgIpc) is 3.16. The number of hydrogen-bond donors (Lipinski definition) is 3. The lowest BCUT2D eigenvalue weighted by Gasteiger charge is -2.12. The fourth-order valence-corrected chi connectivity index (χ4v) is 3.20. The van der Waals surface area contributed by atoms with Crippen LogP contribution >= 0.6 is 11.6 Å². The third-order valence-electron chi connectivity index (χ3n) is 4.70. The molecule has 0 aliphatic heterocycles. The predicted octanol–water partition coefficient (Wildman–Crippen LogP) is 3.68. The Hall–Kier alpha value is -2.83. The van der Waals surface area contributed by atoms with E-state index in [2.05, 4.69) is 20.3 Å². The molecule has 1 atom stereocenters. The van der Waals surface area contributed by atoms with Gasteiger partial charge < -0.3 is 15.4 Å². The van der Waals surface area contributed by atoms with Gasteiger partial charge in [0.25, 0.3) is 0 Å². The Bertz CT molecular complexity index is 1080. The highest BCUT2D eigenvalue weighted by Gasteiger charge is 2.16. The smallest absolute Gasteiger partial charge is 0.150 e. The topological polar surface area (TPSA) is 73.8 Å². The maximum Gasteiger partial charge on any atom is 0.150 e. The first kappa shape index (κ1) is 18.5. The van der Waals surface area contributed by atoms with Crippen molar-refractivity contribution in [3.05, 3.63) is 82.8 Å². The number of fused-ring (bicyclic) bond motifs is 1. The Morgan fingerprint density at radius 1 is 1.14 bits per heavy atom. The molecule has 0 saturated carbocycles. The molecule has 3 heterocycles. The molecular weight excluding hydrogens is 371 g/mol. The molecule has 0 saturated heterocycles. The number of nitrogens with one attached hydrogen (secondary N) is 2. The van der Waals surface area contributed by atoms with Gasteiger partial charge in [-0.2, -0.15) is 0 Å². The van der Waals surface area contributed by atoms with Crippen molar-refractivity contribution in [3.63, 3.8) is 0 Å². The van der Waals surface area contributed by atoms with E-state index in [9.17, 15) is 5.11 Å². The van der Waals surface area contributed by atoms with Gasteiger partial charge in [-0.25, -0.2) is 9.97 Å². The van der Waals surface area contributed by atoms with Crippen molar-refractivity contribution < 1.29 is 5.11 Å². The van der Waals surface area contributed by atoms with Crippen LogP contribution in [0.1, 0.15) is 22.8 Å². The van der Waals surface area contributed by atoms with Crippen LogP contribution in [0.5, 0.6) is 0 Å². The number of hydrogen-bond acceptors (Lipinski definition) is 4. The molecule has 4 rings (SSSR count). The molecule has 0 spiro atoms. The SMILES string of the molecule is C[B]c1cnc2[nH]cc(C(O)c3ccc(NCc4ccc(Cl)cc4)nc3)c2c1. The van der Waals surface area contributed by atoms with Crippen LogP contribution in [-0.2, 0) is 6.54 Å². The summed E-state index contributed by atoms with van der Waals surface area (Å²) < 4.78 is 0. The highest BCUT2D eigenvalue weighted by atomic mass is 35.5. The lowest BCUT2D eigenvalue weighted by atomic mass is 9.74. The predicted molar refractivity (Wildman–Crippen MR) is 114 cm³/mol. The minimum Gasteiger partial charge on any atom is -0.384 e. The maximum atomic E-state index is 10.8. The summed E-state index contributed by atoms with van der Waals surface area (Å²) in [5, 5.41) is 15.7. The molecule has 1 radical (unpaired) electrons. The molecule has 7 heteroatoms. The Morgan fingerprint density at radius 2 is 1.96 bits per heavy atom. The van der Waals surface area contributed by atoms with E-state index >= 15 is 0 Å². The van der Waals surface area contributed by atoms with Gasteiger partial charge in [0.2, 0.25) is 0 Å². The molecule has 28 heavy (non-hydrogen) atoms. The van der Waals surface area contributed by atoms with Gasteiger partial charge >= 0.3 is 0 Å². The lowest BCUT2D eigenvalue weighted by Crippen LogP contribution is -2.11. The van der Waals surface area contributed by atoms with Gasteiger partial charge in [-0.3, -0.25) is 0 Å². The van der Waals surface area contributed by atoms with Crippen molar-refractivity contribution in [3.8, 4) is 0 Å². The van der Waals surface area contributed by atoms with Crippen LogP contribution in [0.3, 0.4) is 0 Å². The van der Waals surface area contributed by atoms with Crippen molar-refractivity contribution >= 4 is 41.2 Å². The molecule has 3 N–H and O–H groups in total. The number of anilines is 1. The Kier molecular flexibility index (Phi) is 5.32. The molecule has 4 aromatic rings. The summed E-state index contributed by atoms with van der Waals surface area (Å²) in [5.74, 6) is 0.745. The van der Waals surface area contributed by atoms with E-state index in [1.165, 1.54) is 0 Å². The minimum absolute atomic E-state index is 0.649. The van der Waals surface area contributed by atoms with E-state index in [4.69, 9.17) is 11.6 Å². The highest BCUT2D eigenvalue weighted by Crippen LogP contribution is 2.27. The molecule has 139 valence electrons. The van der Waals surface area contributed by atoms with Gasteiger partial charge in [0.15, 0.2) is 0 Å². The summed E-state index contributed by atoms with van der Waals surface area (Å²) in [7, 11) is 1.98. The number of nitrogens with zero attached hydrogens (tertiary/aromatic N) is 2. The highest BCUT2D eigenvalue weighted by molar-refractivity contribution is 6.52. The molecular formula is C21H19BClN4O. The third-order valence-corrected chi connectivity index (χ3v) is 4.95. The summed E-state index contributed by atoms with van der Waals surface area (Å²) in [4.78, 5) is 11.9. The van der Waals surface area contributed by atoms with E-state index in [0.717, 1.165) is 44.0 Å². The van der Waals surface area contributed by atoms with E-state index in [-0.39, 0.29) is 0 Å². The monoisotopic (exact) mass is 389 g/mol. The largest absolute Gasteiger partial charge is 0.384 e. The second-order valence-electron chi connectivity index (χ2n) is 6.56. The van der Waals surface area contributed by atoms with Crippen molar-refractivity contribution in [1.29, 1.82) is 0 Å². The number of halogens is 1. The number of benzene rings is 1. The molecule has 0 aliphatic rings. The second-order valence-corrected chi connectivity index (χ2v) is 6.99. The zero-order chi connectivity index (χ0) is 19.5. The number of rotatable bonds is 6. The molecule has 0 fully saturated rings. The van der Waals surface area contributed by atoms with Crippen LogP contribution in [0, 0.1) is 0 Å². The van der Waals surface area contributed by atoms with Crippen molar-refractivity contribution in [2.24, 2.45) is 0 Å². The number of aromatic amines is 1. The van der Waals surface area contributed by atoms with Crippen molar-refractivity contribution in [2.75, 3.05) is 5.32 Å². The van der Waals surface area contributed by atoms with Gasteiger partial charge in [0, 0.05) is 46.7 Å². The maximum absolute atomic E-state index is 10.8. The first-order valence-electron chi connectivity index (χ1n) is 9.03. The lowest BCUT2D eigenvalue weighted by molar-refractivity contribution is 0.221. The number of H-pyrrole nitrogens is 1. The van der Waals surface area contributed by atoms with E-state index in [1.54, 1.807) is 18.6 Å². The molecule has 1 unspecified atom stereocenters. The summed E-state index contributed by atoms with van der Waals surface area (Å²) >= 11 is 5.91. The van der Waals surface area contributed by atoms with Gasteiger partial charge in [-0.15, -0.1) is 0 Å². The molecule has 0 aliphatic carbocycles. The molecule has 1 aromatic carbocycles. The molecule has 5 nitrogen and oxygen atoms in total. The third kappa shape index (κ3) is 3.88. The molecule has 0 bridgehead atoms. The quantitative estimate of drug-likeness (QED) is 0.440. The van der Waals surface area contributed by atoms with Gasteiger partial charge in [-0.1, -0.05) is 48.2 Å². The van der Waals surface area contributed by atoms with Crippen LogP contribution in [0.15, 0.2) is 61.1 Å². The Morgan fingerprint density at radius 3 is 2.68 bits per heavy atom. The van der Waals surface area contributed by atoms with Gasteiger partial charge in [0.1, 0.15) is 24.8 Å². The van der Waals surface area contributed by atoms with Crippen LogP contribution in [-0.4, -0.2) is 27.3 Å². The summed E-state index contributed by atoms with van der Waals surface area (Å²) in [5.41, 5.74) is 4.40. The standard InChI is InChI=1S/C21H19BClN4O/c1-22-15-8-17-18(12-27-21(17)26-11-15)20(28)14-4-7-19(25-10-14)24-9-13-2-5-16(23)6-3-13/h2-8,10-12,20,28H,9H2,1H3,(H,24,25)(H,26,27). The number of pyridine rings is 2. The number of aromatic nitrogens is 3. The van der Waals surface area contributed by atoms with Crippen LogP contribution in [0.2, 0.25) is 11.8 Å². The van der Waals surface area contributed by atoms with E-state index in [0.29, 0.717) is 6.54 Å². The van der Waals surface area contributed by atoms with Crippen LogP contribution in [0.25, 0.3) is 11.0 Å². The summed E-state index contributed by atoms with van der Waals surface area (Å²) in [6.45, 7) is 2.61. The van der Waals surface area contributed by atoms with Gasteiger partial charge in [-0.05, 0) is 23.8 Å². The minimum atomic E-state index is -0.777. The summed E-state index contributed by atoms with van der Waals surface area (Å²) in [6.07, 6.45) is 4.52. The number of aliphatic hydroxyl groups excluding tert-OH is 1. The van der Waals surface area contributed by atoms with Crippen molar-refractivity contribution in [2.45, 2.75) is 19.5 Å². The average molecular weight is 390 g/mol. The van der Waals surface area contributed by atoms with E-state index < -0.39 is 6.10 Å². The Balaban J connectivity index is 1.49. The summed E-state index contributed by atoms with van der Waals surface area (Å²) in [6, 6.07) is 13.4. The zero-order valence-corrected chi connectivity index (χ0v) is 16.1. The number of aliphatic hydroxyl groups is 1. The second kappa shape index (κ2) is 8.04. The fraction of sp³-hybridized carbons (Fsp3) is 0.143. The molecule has 0 amide bonds. The first-order valence-corrected chi connectivity index (χ1v) is 9.40. The molecule has 3 aromatic heterocycles. The van der Waals surface area contributed by atoms with Crippen molar-refractivity contribution in [1.82, 2.24) is 15.0 Å². The Labute approximate surface area is 169 Å². The normalized spacial score (nSPS) is 12.1. The first-order chi connectivity index (χ1) is 13.6. The van der Waals surface area contributed by atoms with Crippen LogP contribution in [0.4, 0.5) is 5.82 Å². The zero-order valence-electron chi connectivity index (χ0n) is 15.4. The van der Waals surface area contributed by atoms with Gasteiger partial charge in [0.05, 0.1) is 0 Å². The van der Waals surface area contributed by atoms with Crippen LogP contribution < -0.4 is 10.8 Å². The van der Waals surface area contributed by atoms with E-state index in [1.807, 2.05) is 56.6 Å².